The van der Waals surface area contributed by atoms with Crippen molar-refractivity contribution in [3.63, 3.8) is 0 Å². The Labute approximate surface area is 183 Å². The van der Waals surface area contributed by atoms with Gasteiger partial charge in [-0.1, -0.05) is 36.5 Å². The Balaban J connectivity index is 2.10. The SMILES string of the molecule is CCCCOc1cc(-c2nc(N)nc3sc(C(=O)NC(C)C)cc23)c(Cl)cc1Cl. The lowest BCUT2D eigenvalue weighted by atomic mass is 10.1. The van der Waals surface area contributed by atoms with Gasteiger partial charge in [0.15, 0.2) is 0 Å². The number of hydrogen-bond donors (Lipinski definition) is 2. The second-order valence-corrected chi connectivity index (χ2v) is 8.70. The van der Waals surface area contributed by atoms with E-state index in [2.05, 4.69) is 22.2 Å². The van der Waals surface area contributed by atoms with Crippen LogP contribution in [0.15, 0.2) is 18.2 Å². The van der Waals surface area contributed by atoms with Crippen LogP contribution in [0.1, 0.15) is 43.3 Å². The van der Waals surface area contributed by atoms with Gasteiger partial charge in [-0.15, -0.1) is 11.3 Å². The lowest BCUT2D eigenvalue weighted by Crippen LogP contribution is -2.29. The highest BCUT2D eigenvalue weighted by Crippen LogP contribution is 2.40. The molecule has 0 aliphatic heterocycles. The number of hydrogen-bond acceptors (Lipinski definition) is 6. The van der Waals surface area contributed by atoms with Crippen molar-refractivity contribution in [2.45, 2.75) is 39.7 Å². The van der Waals surface area contributed by atoms with E-state index in [0.29, 0.717) is 48.8 Å². The van der Waals surface area contributed by atoms with Gasteiger partial charge < -0.3 is 15.8 Å². The molecule has 29 heavy (non-hydrogen) atoms. The average molecular weight is 453 g/mol. The molecule has 0 bridgehead atoms. The van der Waals surface area contributed by atoms with E-state index in [1.807, 2.05) is 13.8 Å². The van der Waals surface area contributed by atoms with E-state index in [1.165, 1.54) is 11.3 Å². The molecule has 9 heteroatoms. The van der Waals surface area contributed by atoms with E-state index in [0.717, 1.165) is 12.8 Å². The minimum absolute atomic E-state index is 0.0249. The molecule has 0 radical (unpaired) electrons. The number of unbranched alkanes of at least 4 members (excludes halogenated alkanes) is 1. The third-order valence-electron chi connectivity index (χ3n) is 4.09. The second-order valence-electron chi connectivity index (χ2n) is 6.85. The molecule has 0 aliphatic rings. The summed E-state index contributed by atoms with van der Waals surface area (Å²) in [6, 6.07) is 5.17. The summed E-state index contributed by atoms with van der Waals surface area (Å²) in [6.45, 7) is 6.45. The van der Waals surface area contributed by atoms with Gasteiger partial charge in [0.1, 0.15) is 10.6 Å². The molecule has 1 amide bonds. The van der Waals surface area contributed by atoms with Gasteiger partial charge in [-0.2, -0.15) is 0 Å². The predicted molar refractivity (Wildman–Crippen MR) is 120 cm³/mol. The molecule has 0 fully saturated rings. The quantitative estimate of drug-likeness (QED) is 0.457. The summed E-state index contributed by atoms with van der Waals surface area (Å²) < 4.78 is 5.80. The molecule has 0 spiro atoms. The summed E-state index contributed by atoms with van der Waals surface area (Å²) in [5.74, 6) is 0.459. The van der Waals surface area contributed by atoms with Crippen LogP contribution in [-0.4, -0.2) is 28.5 Å². The normalized spacial score (nSPS) is 11.2. The van der Waals surface area contributed by atoms with Gasteiger partial charge in [0.05, 0.1) is 27.2 Å². The number of anilines is 1. The topological polar surface area (TPSA) is 90.1 Å². The summed E-state index contributed by atoms with van der Waals surface area (Å²) in [5, 5.41) is 4.42. The summed E-state index contributed by atoms with van der Waals surface area (Å²) in [4.78, 5) is 22.2. The van der Waals surface area contributed by atoms with Crippen molar-refractivity contribution in [1.82, 2.24) is 15.3 Å². The Morgan fingerprint density at radius 3 is 2.69 bits per heavy atom. The molecular formula is C20H22Cl2N4O2S. The van der Waals surface area contributed by atoms with Gasteiger partial charge in [0, 0.05) is 17.0 Å². The fourth-order valence-corrected chi connectivity index (χ4v) is 4.20. The number of fused-ring (bicyclic) bond motifs is 1. The van der Waals surface area contributed by atoms with E-state index in [1.54, 1.807) is 18.2 Å². The number of ether oxygens (including phenoxy) is 1. The zero-order valence-corrected chi connectivity index (χ0v) is 18.7. The Hall–Kier alpha value is -2.09. The Morgan fingerprint density at radius 2 is 2.00 bits per heavy atom. The number of carbonyl (C=O) groups is 1. The fourth-order valence-electron chi connectivity index (χ4n) is 2.74. The monoisotopic (exact) mass is 452 g/mol. The molecule has 0 aliphatic carbocycles. The zero-order chi connectivity index (χ0) is 21.1. The van der Waals surface area contributed by atoms with Crippen molar-refractivity contribution in [3.8, 4) is 17.0 Å². The maximum absolute atomic E-state index is 12.4. The summed E-state index contributed by atoms with van der Waals surface area (Å²) in [6.07, 6.45) is 1.93. The van der Waals surface area contributed by atoms with E-state index in [-0.39, 0.29) is 17.9 Å². The number of halogens is 2. The van der Waals surface area contributed by atoms with Crippen molar-refractivity contribution in [3.05, 3.63) is 33.1 Å². The minimum atomic E-state index is -0.168. The van der Waals surface area contributed by atoms with Crippen LogP contribution in [0.25, 0.3) is 21.5 Å². The number of aromatic nitrogens is 2. The Bertz CT molecular complexity index is 1050. The maximum Gasteiger partial charge on any atom is 0.261 e. The highest BCUT2D eigenvalue weighted by molar-refractivity contribution is 7.20. The number of rotatable bonds is 7. The van der Waals surface area contributed by atoms with Crippen molar-refractivity contribution in [1.29, 1.82) is 0 Å². The number of amides is 1. The molecule has 2 heterocycles. The molecule has 0 unspecified atom stereocenters. The summed E-state index contributed by atoms with van der Waals surface area (Å²) in [7, 11) is 0. The van der Waals surface area contributed by atoms with Gasteiger partial charge in [-0.3, -0.25) is 4.79 Å². The van der Waals surface area contributed by atoms with Crippen LogP contribution in [0.5, 0.6) is 5.75 Å². The number of carbonyl (C=O) groups excluding carboxylic acids is 1. The van der Waals surface area contributed by atoms with Crippen LogP contribution in [0, 0.1) is 0 Å². The van der Waals surface area contributed by atoms with E-state index in [9.17, 15) is 4.79 Å². The standard InChI is InChI=1S/C20H22Cl2N4O2S/c1-4-5-6-28-15-7-11(13(21)9-14(15)22)17-12-8-16(18(27)24-10(2)3)29-19(12)26-20(23)25-17/h7-10H,4-6H2,1-3H3,(H,24,27)(H2,23,25,26). The van der Waals surface area contributed by atoms with Gasteiger partial charge in [-0.25, -0.2) is 9.97 Å². The van der Waals surface area contributed by atoms with Crippen LogP contribution in [0.4, 0.5) is 5.95 Å². The molecule has 6 nitrogen and oxygen atoms in total. The Morgan fingerprint density at radius 1 is 1.24 bits per heavy atom. The summed E-state index contributed by atoms with van der Waals surface area (Å²) in [5.41, 5.74) is 7.08. The van der Waals surface area contributed by atoms with Crippen LogP contribution in [0.3, 0.4) is 0 Å². The third kappa shape index (κ3) is 4.91. The number of nitrogens with zero attached hydrogens (tertiary/aromatic N) is 2. The van der Waals surface area contributed by atoms with Crippen molar-refractivity contribution in [2.75, 3.05) is 12.3 Å². The van der Waals surface area contributed by atoms with Crippen LogP contribution in [-0.2, 0) is 0 Å². The molecule has 154 valence electrons. The molecule has 3 N–H and O–H groups in total. The molecule has 3 rings (SSSR count). The number of thiophene rings is 1. The first-order valence-electron chi connectivity index (χ1n) is 9.30. The first-order chi connectivity index (χ1) is 13.8. The minimum Gasteiger partial charge on any atom is -0.492 e. The molecule has 0 atom stereocenters. The molecule has 1 aromatic carbocycles. The highest BCUT2D eigenvalue weighted by atomic mass is 35.5. The van der Waals surface area contributed by atoms with Gasteiger partial charge in [0.25, 0.3) is 5.91 Å². The number of nitrogens with one attached hydrogen (secondary N) is 1. The fraction of sp³-hybridized carbons (Fsp3) is 0.350. The van der Waals surface area contributed by atoms with E-state index >= 15 is 0 Å². The molecular weight excluding hydrogens is 431 g/mol. The van der Waals surface area contributed by atoms with Gasteiger partial charge in [0.2, 0.25) is 5.95 Å². The van der Waals surface area contributed by atoms with Crippen molar-refractivity contribution < 1.29 is 9.53 Å². The van der Waals surface area contributed by atoms with Crippen LogP contribution in [0.2, 0.25) is 10.0 Å². The zero-order valence-electron chi connectivity index (χ0n) is 16.4. The van der Waals surface area contributed by atoms with E-state index in [4.69, 9.17) is 33.7 Å². The third-order valence-corrected chi connectivity index (χ3v) is 5.72. The van der Waals surface area contributed by atoms with Crippen molar-refractivity contribution >= 4 is 56.6 Å². The highest BCUT2D eigenvalue weighted by Gasteiger charge is 2.19. The van der Waals surface area contributed by atoms with Gasteiger partial charge >= 0.3 is 0 Å². The first-order valence-corrected chi connectivity index (χ1v) is 10.9. The second kappa shape index (κ2) is 9.15. The molecule has 0 saturated heterocycles. The summed E-state index contributed by atoms with van der Waals surface area (Å²) >= 11 is 14.0. The largest absolute Gasteiger partial charge is 0.492 e. The maximum atomic E-state index is 12.4. The van der Waals surface area contributed by atoms with Gasteiger partial charge in [-0.05, 0) is 38.5 Å². The Kier molecular flexibility index (Phi) is 6.82. The lowest BCUT2D eigenvalue weighted by molar-refractivity contribution is 0.0947. The number of nitrogens with two attached hydrogens (primary N) is 1. The number of benzene rings is 1. The van der Waals surface area contributed by atoms with Crippen molar-refractivity contribution in [2.24, 2.45) is 0 Å². The smallest absolute Gasteiger partial charge is 0.261 e. The molecule has 0 saturated carbocycles. The number of nitrogen functional groups attached to an aromatic ring is 1. The molecule has 2 aromatic heterocycles. The predicted octanol–water partition coefficient (Wildman–Crippen LogP) is 5.56. The average Bonchev–Trinajstić information content (AvgIpc) is 3.06. The van der Waals surface area contributed by atoms with E-state index < -0.39 is 0 Å². The van der Waals surface area contributed by atoms with Crippen LogP contribution >= 0.6 is 34.5 Å². The first kappa shape index (κ1) is 21.6. The van der Waals surface area contributed by atoms with Crippen LogP contribution < -0.4 is 15.8 Å². The molecule has 3 aromatic rings. The lowest BCUT2D eigenvalue weighted by Gasteiger charge is -2.12.